The molecule has 4 saturated carbocycles. The maximum absolute atomic E-state index is 12.8. The molecule has 6 heteroatoms. The van der Waals surface area contributed by atoms with Crippen molar-refractivity contribution in [2.24, 2.45) is 29.4 Å². The number of nitrogens with zero attached hydrogens (tertiary/aromatic N) is 2. The fourth-order valence-corrected chi connectivity index (χ4v) is 6.97. The van der Waals surface area contributed by atoms with Gasteiger partial charge >= 0.3 is 6.03 Å². The van der Waals surface area contributed by atoms with Crippen molar-refractivity contribution in [1.29, 1.82) is 0 Å². The molecule has 2 heterocycles. The van der Waals surface area contributed by atoms with E-state index in [2.05, 4.69) is 10.2 Å². The fraction of sp³-hybridized carbons (Fsp3) is 0.900. The van der Waals surface area contributed by atoms with Crippen LogP contribution in [0.15, 0.2) is 0 Å². The van der Waals surface area contributed by atoms with Crippen LogP contribution in [0.3, 0.4) is 0 Å². The van der Waals surface area contributed by atoms with Gasteiger partial charge in [0.15, 0.2) is 0 Å². The summed E-state index contributed by atoms with van der Waals surface area (Å²) in [5, 5.41) is 3.48. The molecule has 4 bridgehead atoms. The molecule has 0 aromatic rings. The number of rotatable bonds is 3. The molecule has 0 aromatic heterocycles. The first kappa shape index (κ1) is 16.8. The first-order valence-corrected chi connectivity index (χ1v) is 10.6. The Hall–Kier alpha value is -1.30. The van der Waals surface area contributed by atoms with E-state index < -0.39 is 0 Å². The van der Waals surface area contributed by atoms with Gasteiger partial charge in [0.05, 0.1) is 0 Å². The summed E-state index contributed by atoms with van der Waals surface area (Å²) in [5.41, 5.74) is 5.53. The van der Waals surface area contributed by atoms with E-state index in [1.807, 2.05) is 4.90 Å². The zero-order valence-corrected chi connectivity index (χ0v) is 15.7. The maximum atomic E-state index is 12.8. The Labute approximate surface area is 155 Å². The highest BCUT2D eigenvalue weighted by Gasteiger charge is 2.52. The van der Waals surface area contributed by atoms with Crippen LogP contribution in [0.5, 0.6) is 0 Å². The molecular weight excluding hydrogens is 328 g/mol. The smallest absolute Gasteiger partial charge is 0.317 e. The van der Waals surface area contributed by atoms with Gasteiger partial charge in [0.25, 0.3) is 0 Å². The molecule has 0 spiro atoms. The molecule has 3 amide bonds. The summed E-state index contributed by atoms with van der Waals surface area (Å²) in [6.07, 6.45) is 9.58. The third kappa shape index (κ3) is 2.90. The number of primary amides is 1. The number of carbonyl (C=O) groups is 2. The van der Waals surface area contributed by atoms with E-state index in [0.717, 1.165) is 56.8 Å². The largest absolute Gasteiger partial charge is 0.369 e. The molecule has 2 aliphatic heterocycles. The van der Waals surface area contributed by atoms with Gasteiger partial charge in [-0.05, 0) is 82.2 Å². The zero-order chi connectivity index (χ0) is 17.9. The molecule has 3 N–H and O–H groups in total. The summed E-state index contributed by atoms with van der Waals surface area (Å²) >= 11 is 0. The minimum absolute atomic E-state index is 0.0433. The molecule has 26 heavy (non-hydrogen) atoms. The number of hydrogen-bond acceptors (Lipinski definition) is 3. The number of nitrogens with two attached hydrogens (primary N) is 1. The Morgan fingerprint density at radius 3 is 1.96 bits per heavy atom. The summed E-state index contributed by atoms with van der Waals surface area (Å²) in [6, 6.07) is 0.626. The summed E-state index contributed by atoms with van der Waals surface area (Å²) in [5.74, 6) is 2.46. The first-order valence-electron chi connectivity index (χ1n) is 10.6. The lowest BCUT2D eigenvalue weighted by Crippen LogP contribution is -2.68. The lowest BCUT2D eigenvalue weighted by atomic mass is 9.53. The minimum atomic E-state index is -0.158. The standard InChI is InChI=1S/C20H32N4O2/c21-18(25)16-1-3-23(4-2-16)17-11-24(12-17)19(26)22-20-8-13-5-14(9-20)7-15(6-13)10-20/h13-17H,1-12H2,(H2,21,25)(H,22,26). The second kappa shape index (κ2) is 6.11. The van der Waals surface area contributed by atoms with E-state index in [9.17, 15) is 9.59 Å². The van der Waals surface area contributed by atoms with Crippen LogP contribution in [0.1, 0.15) is 51.4 Å². The predicted octanol–water partition coefficient (Wildman–Crippen LogP) is 1.55. The minimum Gasteiger partial charge on any atom is -0.369 e. The van der Waals surface area contributed by atoms with Crippen molar-refractivity contribution >= 4 is 11.9 Å². The van der Waals surface area contributed by atoms with Crippen LogP contribution in [-0.2, 0) is 4.79 Å². The van der Waals surface area contributed by atoms with Gasteiger partial charge in [0.1, 0.15) is 0 Å². The van der Waals surface area contributed by atoms with Gasteiger partial charge in [0, 0.05) is 30.6 Å². The Balaban J connectivity index is 1.12. The van der Waals surface area contributed by atoms with E-state index in [-0.39, 0.29) is 23.4 Å². The first-order chi connectivity index (χ1) is 12.5. The summed E-state index contributed by atoms with van der Waals surface area (Å²) in [4.78, 5) is 28.5. The molecule has 0 aromatic carbocycles. The number of urea groups is 1. The highest BCUT2D eigenvalue weighted by molar-refractivity contribution is 5.77. The number of carbonyl (C=O) groups excluding carboxylic acids is 2. The molecule has 4 aliphatic carbocycles. The van der Waals surface area contributed by atoms with E-state index in [0.29, 0.717) is 6.04 Å². The molecular formula is C20H32N4O2. The van der Waals surface area contributed by atoms with E-state index in [1.165, 1.54) is 38.5 Å². The summed E-state index contributed by atoms with van der Waals surface area (Å²) in [7, 11) is 0. The number of hydrogen-bond donors (Lipinski definition) is 2. The third-order valence-corrected chi connectivity index (χ3v) is 8.01. The quantitative estimate of drug-likeness (QED) is 0.801. The van der Waals surface area contributed by atoms with Crippen molar-refractivity contribution in [2.45, 2.75) is 62.9 Å². The molecule has 0 unspecified atom stereocenters. The second-order valence-electron chi connectivity index (χ2n) is 9.90. The van der Waals surface area contributed by atoms with Crippen LogP contribution in [0, 0.1) is 23.7 Å². The van der Waals surface area contributed by atoms with Crippen molar-refractivity contribution in [3.05, 3.63) is 0 Å². The van der Waals surface area contributed by atoms with E-state index in [1.54, 1.807) is 0 Å². The topological polar surface area (TPSA) is 78.7 Å². The molecule has 6 aliphatic rings. The van der Waals surface area contributed by atoms with Crippen LogP contribution in [0.25, 0.3) is 0 Å². The molecule has 6 rings (SSSR count). The van der Waals surface area contributed by atoms with Crippen LogP contribution in [0.4, 0.5) is 4.79 Å². The van der Waals surface area contributed by atoms with Crippen molar-refractivity contribution in [2.75, 3.05) is 26.2 Å². The van der Waals surface area contributed by atoms with Gasteiger partial charge in [-0.3, -0.25) is 9.69 Å². The van der Waals surface area contributed by atoms with Crippen molar-refractivity contribution in [3.8, 4) is 0 Å². The lowest BCUT2D eigenvalue weighted by molar-refractivity contribution is -0.123. The highest BCUT2D eigenvalue weighted by Crippen LogP contribution is 2.55. The monoisotopic (exact) mass is 360 g/mol. The fourth-order valence-electron chi connectivity index (χ4n) is 6.97. The lowest BCUT2D eigenvalue weighted by Gasteiger charge is -2.57. The van der Waals surface area contributed by atoms with Crippen molar-refractivity contribution < 1.29 is 9.59 Å². The molecule has 0 radical (unpaired) electrons. The maximum Gasteiger partial charge on any atom is 0.317 e. The number of likely N-dealkylation sites (tertiary alicyclic amines) is 2. The third-order valence-electron chi connectivity index (χ3n) is 8.01. The Bertz CT molecular complexity index is 557. The Morgan fingerprint density at radius 1 is 0.923 bits per heavy atom. The van der Waals surface area contributed by atoms with Gasteiger partial charge in [0.2, 0.25) is 5.91 Å². The predicted molar refractivity (Wildman–Crippen MR) is 98.3 cm³/mol. The van der Waals surface area contributed by atoms with Crippen LogP contribution in [-0.4, -0.2) is 59.5 Å². The molecule has 6 nitrogen and oxygen atoms in total. The highest BCUT2D eigenvalue weighted by atomic mass is 16.2. The van der Waals surface area contributed by atoms with Crippen molar-refractivity contribution in [1.82, 2.24) is 15.1 Å². The average molecular weight is 361 g/mol. The van der Waals surface area contributed by atoms with Gasteiger partial charge in [-0.25, -0.2) is 4.79 Å². The Morgan fingerprint density at radius 2 is 1.46 bits per heavy atom. The van der Waals surface area contributed by atoms with Crippen LogP contribution in [0.2, 0.25) is 0 Å². The number of nitrogens with one attached hydrogen (secondary N) is 1. The number of amides is 3. The van der Waals surface area contributed by atoms with Crippen LogP contribution < -0.4 is 11.1 Å². The molecule has 2 saturated heterocycles. The second-order valence-corrected chi connectivity index (χ2v) is 9.90. The van der Waals surface area contributed by atoms with Crippen molar-refractivity contribution in [3.63, 3.8) is 0 Å². The molecule has 0 atom stereocenters. The average Bonchev–Trinajstić information content (AvgIpc) is 2.52. The summed E-state index contributed by atoms with van der Waals surface area (Å²) < 4.78 is 0. The number of piperidine rings is 1. The van der Waals surface area contributed by atoms with Gasteiger partial charge < -0.3 is 16.0 Å². The summed E-state index contributed by atoms with van der Waals surface area (Å²) in [6.45, 7) is 3.53. The van der Waals surface area contributed by atoms with E-state index in [4.69, 9.17) is 5.73 Å². The zero-order valence-electron chi connectivity index (χ0n) is 15.7. The van der Waals surface area contributed by atoms with Crippen LogP contribution >= 0.6 is 0 Å². The van der Waals surface area contributed by atoms with Gasteiger partial charge in [-0.1, -0.05) is 0 Å². The van der Waals surface area contributed by atoms with Gasteiger partial charge in [-0.15, -0.1) is 0 Å². The normalized spacial score (nSPS) is 40.5. The molecule has 6 fully saturated rings. The Kier molecular flexibility index (Phi) is 3.96. The van der Waals surface area contributed by atoms with Gasteiger partial charge in [-0.2, -0.15) is 0 Å². The van der Waals surface area contributed by atoms with E-state index >= 15 is 0 Å². The SMILES string of the molecule is NC(=O)C1CCN(C2CN(C(=O)NC34CC5CC(CC(C5)C3)C4)C2)CC1. The molecule has 144 valence electrons.